The van der Waals surface area contributed by atoms with Gasteiger partial charge >= 0.3 is 0 Å². The topological polar surface area (TPSA) is 46.6 Å². The van der Waals surface area contributed by atoms with E-state index in [4.69, 9.17) is 4.74 Å². The number of halogens is 1. The molecule has 1 atom stereocenters. The normalized spacial score (nSPS) is 25.6. The number of likely N-dealkylation sites (tertiary alicyclic amines) is 1. The lowest BCUT2D eigenvalue weighted by Crippen LogP contribution is -2.54. The second-order valence-electron chi connectivity index (χ2n) is 5.74. The minimum absolute atomic E-state index is 0.0127. The van der Waals surface area contributed by atoms with Gasteiger partial charge in [-0.3, -0.25) is 9.59 Å². The van der Waals surface area contributed by atoms with Crippen LogP contribution in [0.2, 0.25) is 0 Å². The van der Waals surface area contributed by atoms with Crippen LogP contribution >= 0.6 is 0 Å². The highest BCUT2D eigenvalue weighted by Gasteiger charge is 2.46. The number of carbonyl (C=O) groups is 2. The van der Waals surface area contributed by atoms with Crippen molar-refractivity contribution in [3.8, 4) is 0 Å². The summed E-state index contributed by atoms with van der Waals surface area (Å²) in [7, 11) is 0. The summed E-state index contributed by atoms with van der Waals surface area (Å²) >= 11 is 0. The van der Waals surface area contributed by atoms with Gasteiger partial charge in [0.15, 0.2) is 5.78 Å². The summed E-state index contributed by atoms with van der Waals surface area (Å²) in [6.45, 7) is 1.31. The average Bonchev–Trinajstić information content (AvgIpc) is 2.94. The first-order valence-corrected chi connectivity index (χ1v) is 7.29. The fraction of sp³-hybridized carbons (Fsp3) is 0.500. The molecule has 1 unspecified atom stereocenters. The van der Waals surface area contributed by atoms with Crippen LogP contribution in [0, 0.1) is 5.82 Å². The van der Waals surface area contributed by atoms with Crippen molar-refractivity contribution in [3.05, 3.63) is 35.6 Å². The van der Waals surface area contributed by atoms with Gasteiger partial charge in [0, 0.05) is 19.6 Å². The molecule has 1 aromatic rings. The summed E-state index contributed by atoms with van der Waals surface area (Å²) in [6.07, 6.45) is 2.46. The molecule has 2 aliphatic heterocycles. The van der Waals surface area contributed by atoms with Gasteiger partial charge in [0.1, 0.15) is 11.4 Å². The molecule has 2 saturated heterocycles. The number of piperidine rings is 1. The SMILES string of the molecule is O=C(Cc1ccc(F)cc1)N1CCC2(CCCO2)C(=O)C1. The van der Waals surface area contributed by atoms with E-state index in [1.165, 1.54) is 12.1 Å². The third-order valence-electron chi connectivity index (χ3n) is 4.35. The fourth-order valence-electron chi connectivity index (χ4n) is 3.07. The largest absolute Gasteiger partial charge is 0.367 e. The Kier molecular flexibility index (Phi) is 3.76. The Morgan fingerprint density at radius 3 is 2.67 bits per heavy atom. The van der Waals surface area contributed by atoms with Crippen LogP contribution in [0.3, 0.4) is 0 Å². The first-order chi connectivity index (χ1) is 10.1. The van der Waals surface area contributed by atoms with Gasteiger partial charge in [0.05, 0.1) is 13.0 Å². The Balaban J connectivity index is 1.61. The Morgan fingerprint density at radius 2 is 2.05 bits per heavy atom. The van der Waals surface area contributed by atoms with Crippen LogP contribution in [0.15, 0.2) is 24.3 Å². The van der Waals surface area contributed by atoms with Crippen LogP contribution in [0.5, 0.6) is 0 Å². The molecule has 2 fully saturated rings. The third-order valence-corrected chi connectivity index (χ3v) is 4.35. The van der Waals surface area contributed by atoms with Crippen LogP contribution in [0.25, 0.3) is 0 Å². The highest BCUT2D eigenvalue weighted by atomic mass is 19.1. The van der Waals surface area contributed by atoms with Gasteiger partial charge < -0.3 is 9.64 Å². The van der Waals surface area contributed by atoms with Crippen LogP contribution < -0.4 is 0 Å². The van der Waals surface area contributed by atoms with Crippen molar-refractivity contribution >= 4 is 11.7 Å². The van der Waals surface area contributed by atoms with E-state index in [0.717, 1.165) is 18.4 Å². The molecule has 0 N–H and O–H groups in total. The van der Waals surface area contributed by atoms with Gasteiger partial charge in [-0.2, -0.15) is 0 Å². The number of rotatable bonds is 2. The molecular formula is C16H18FNO3. The van der Waals surface area contributed by atoms with E-state index in [0.29, 0.717) is 19.6 Å². The van der Waals surface area contributed by atoms with Gasteiger partial charge in [0.2, 0.25) is 5.91 Å². The second-order valence-corrected chi connectivity index (χ2v) is 5.74. The maximum absolute atomic E-state index is 12.8. The number of nitrogens with zero attached hydrogens (tertiary/aromatic N) is 1. The maximum atomic E-state index is 12.8. The van der Waals surface area contributed by atoms with Crippen LogP contribution in [0.4, 0.5) is 4.39 Å². The molecule has 0 saturated carbocycles. The molecule has 112 valence electrons. The van der Waals surface area contributed by atoms with Crippen molar-refractivity contribution in [1.29, 1.82) is 0 Å². The number of hydrogen-bond acceptors (Lipinski definition) is 3. The fourth-order valence-corrected chi connectivity index (χ4v) is 3.07. The summed E-state index contributed by atoms with van der Waals surface area (Å²) in [6, 6.07) is 5.87. The third kappa shape index (κ3) is 2.83. The van der Waals surface area contributed by atoms with Crippen LogP contribution in [-0.4, -0.2) is 41.9 Å². The quantitative estimate of drug-likeness (QED) is 0.833. The Labute approximate surface area is 122 Å². The molecule has 0 aliphatic carbocycles. The average molecular weight is 291 g/mol. The number of carbonyl (C=O) groups excluding carboxylic acids is 2. The highest BCUT2D eigenvalue weighted by Crippen LogP contribution is 2.33. The zero-order chi connectivity index (χ0) is 14.9. The predicted molar refractivity (Wildman–Crippen MR) is 74.2 cm³/mol. The first-order valence-electron chi connectivity index (χ1n) is 7.29. The number of amides is 1. The number of benzene rings is 1. The number of ketones is 1. The lowest BCUT2D eigenvalue weighted by Gasteiger charge is -2.37. The predicted octanol–water partition coefficient (Wildman–Crippen LogP) is 1.72. The lowest BCUT2D eigenvalue weighted by atomic mass is 9.87. The maximum Gasteiger partial charge on any atom is 0.227 e. The summed E-state index contributed by atoms with van der Waals surface area (Å²) in [5, 5.41) is 0. The number of Topliss-reactive ketones (excluding diaryl/α,β-unsaturated/α-hetero) is 1. The van der Waals surface area contributed by atoms with Gasteiger partial charge in [-0.05, 0) is 30.5 Å². The molecule has 2 heterocycles. The Morgan fingerprint density at radius 1 is 1.29 bits per heavy atom. The van der Waals surface area contributed by atoms with E-state index in [2.05, 4.69) is 0 Å². The van der Waals surface area contributed by atoms with E-state index in [1.807, 2.05) is 0 Å². The Hall–Kier alpha value is -1.75. The smallest absolute Gasteiger partial charge is 0.227 e. The minimum Gasteiger partial charge on any atom is -0.367 e. The summed E-state index contributed by atoms with van der Waals surface area (Å²) in [5.74, 6) is -0.402. The summed E-state index contributed by atoms with van der Waals surface area (Å²) in [4.78, 5) is 26.1. The molecule has 2 aliphatic rings. The van der Waals surface area contributed by atoms with E-state index in [-0.39, 0.29) is 30.5 Å². The van der Waals surface area contributed by atoms with Crippen molar-refractivity contribution in [2.75, 3.05) is 19.7 Å². The molecule has 5 heteroatoms. The minimum atomic E-state index is -0.632. The molecule has 1 amide bonds. The van der Waals surface area contributed by atoms with E-state index < -0.39 is 5.60 Å². The van der Waals surface area contributed by atoms with Gasteiger partial charge in [-0.1, -0.05) is 12.1 Å². The van der Waals surface area contributed by atoms with Crippen molar-refractivity contribution in [3.63, 3.8) is 0 Å². The van der Waals surface area contributed by atoms with Crippen molar-refractivity contribution < 1.29 is 18.7 Å². The zero-order valence-electron chi connectivity index (χ0n) is 11.8. The van der Waals surface area contributed by atoms with Crippen molar-refractivity contribution in [2.45, 2.75) is 31.3 Å². The van der Waals surface area contributed by atoms with Crippen LogP contribution in [-0.2, 0) is 20.7 Å². The zero-order valence-corrected chi connectivity index (χ0v) is 11.8. The van der Waals surface area contributed by atoms with Gasteiger partial charge in [0.25, 0.3) is 0 Å². The molecule has 0 aromatic heterocycles. The van der Waals surface area contributed by atoms with Gasteiger partial charge in [-0.25, -0.2) is 4.39 Å². The molecule has 3 rings (SSSR count). The Bertz CT molecular complexity index is 549. The molecule has 0 bridgehead atoms. The van der Waals surface area contributed by atoms with Crippen molar-refractivity contribution in [1.82, 2.24) is 4.90 Å². The molecule has 1 spiro atoms. The first kappa shape index (κ1) is 14.2. The number of hydrogen-bond donors (Lipinski definition) is 0. The highest BCUT2D eigenvalue weighted by molar-refractivity contribution is 5.93. The number of ether oxygens (including phenoxy) is 1. The van der Waals surface area contributed by atoms with Crippen LogP contribution in [0.1, 0.15) is 24.8 Å². The van der Waals surface area contributed by atoms with Crippen molar-refractivity contribution in [2.24, 2.45) is 0 Å². The van der Waals surface area contributed by atoms with Gasteiger partial charge in [-0.15, -0.1) is 0 Å². The van der Waals surface area contributed by atoms with E-state index in [1.54, 1.807) is 17.0 Å². The monoisotopic (exact) mass is 291 g/mol. The standard InChI is InChI=1S/C16H18FNO3/c17-13-4-2-12(3-5-13)10-15(20)18-8-7-16(14(19)11-18)6-1-9-21-16/h2-5H,1,6-11H2. The summed E-state index contributed by atoms with van der Waals surface area (Å²) < 4.78 is 18.5. The lowest BCUT2D eigenvalue weighted by molar-refractivity contribution is -0.152. The van der Waals surface area contributed by atoms with E-state index in [9.17, 15) is 14.0 Å². The molecule has 4 nitrogen and oxygen atoms in total. The molecule has 0 radical (unpaired) electrons. The molecule has 21 heavy (non-hydrogen) atoms. The molecule has 1 aromatic carbocycles. The summed E-state index contributed by atoms with van der Waals surface area (Å²) in [5.41, 5.74) is 0.124. The second kappa shape index (κ2) is 5.56. The van der Waals surface area contributed by atoms with E-state index >= 15 is 0 Å². The molecular weight excluding hydrogens is 273 g/mol.